The van der Waals surface area contributed by atoms with Crippen LogP contribution in [-0.2, 0) is 9.53 Å². The summed E-state index contributed by atoms with van der Waals surface area (Å²) in [6.45, 7) is 3.71. The van der Waals surface area contributed by atoms with Gasteiger partial charge in [0.05, 0.1) is 30.3 Å². The number of hydrogen-bond donors (Lipinski definition) is 0. The third kappa shape index (κ3) is 2.48. The van der Waals surface area contributed by atoms with Crippen LogP contribution in [-0.4, -0.2) is 22.9 Å². The number of esters is 1. The summed E-state index contributed by atoms with van der Waals surface area (Å²) in [5, 5.41) is 4.79. The normalized spacial score (nSPS) is 12.6. The summed E-state index contributed by atoms with van der Waals surface area (Å²) in [5.41, 5.74) is 0.767. The molecule has 0 fully saturated rings. The second-order valence-electron chi connectivity index (χ2n) is 3.17. The molecular weight excluding hydrogens is 204 g/mol. The van der Waals surface area contributed by atoms with E-state index in [4.69, 9.17) is 11.6 Å². The summed E-state index contributed by atoms with van der Waals surface area (Å²) >= 11 is 5.84. The first-order chi connectivity index (χ1) is 6.54. The van der Waals surface area contributed by atoms with Gasteiger partial charge in [-0.25, -0.2) is 0 Å². The van der Waals surface area contributed by atoms with Crippen molar-refractivity contribution in [1.29, 1.82) is 0 Å². The minimum Gasteiger partial charge on any atom is -0.469 e. The second-order valence-corrected chi connectivity index (χ2v) is 3.58. The molecule has 4 nitrogen and oxygen atoms in total. The summed E-state index contributed by atoms with van der Waals surface area (Å²) in [7, 11) is 1.37. The van der Waals surface area contributed by atoms with Gasteiger partial charge in [0.15, 0.2) is 0 Å². The molecule has 0 saturated heterocycles. The molecule has 0 radical (unpaired) electrons. The summed E-state index contributed by atoms with van der Waals surface area (Å²) < 4.78 is 6.24. The maximum absolute atomic E-state index is 11.0. The molecule has 0 aliphatic heterocycles. The molecule has 0 spiro atoms. The van der Waals surface area contributed by atoms with E-state index in [1.54, 1.807) is 10.9 Å². The van der Waals surface area contributed by atoms with Crippen molar-refractivity contribution >= 4 is 17.6 Å². The molecule has 78 valence electrons. The third-order valence-electron chi connectivity index (χ3n) is 2.00. The zero-order valence-electron chi connectivity index (χ0n) is 8.45. The molecule has 0 bridgehead atoms. The van der Waals surface area contributed by atoms with Crippen LogP contribution in [0.4, 0.5) is 0 Å². The number of carbonyl (C=O) groups excluding carboxylic acids is 1. The van der Waals surface area contributed by atoms with E-state index in [1.165, 1.54) is 7.11 Å². The fourth-order valence-corrected chi connectivity index (χ4v) is 1.24. The van der Waals surface area contributed by atoms with Gasteiger partial charge in [-0.05, 0) is 13.8 Å². The summed E-state index contributed by atoms with van der Waals surface area (Å²) in [5.74, 6) is -0.248. The minimum absolute atomic E-state index is 0.0337. The quantitative estimate of drug-likeness (QED) is 0.726. The highest BCUT2D eigenvalue weighted by atomic mass is 35.5. The molecule has 1 aromatic rings. The zero-order chi connectivity index (χ0) is 10.7. The third-order valence-corrected chi connectivity index (χ3v) is 2.37. The van der Waals surface area contributed by atoms with E-state index in [9.17, 15) is 4.79 Å². The Kier molecular flexibility index (Phi) is 3.52. The Morgan fingerprint density at radius 1 is 1.79 bits per heavy atom. The molecule has 0 aliphatic rings. The van der Waals surface area contributed by atoms with Crippen LogP contribution >= 0.6 is 11.6 Å². The van der Waals surface area contributed by atoms with Crippen molar-refractivity contribution in [2.75, 3.05) is 7.11 Å². The second kappa shape index (κ2) is 4.46. The highest BCUT2D eigenvalue weighted by molar-refractivity contribution is 6.31. The zero-order valence-corrected chi connectivity index (χ0v) is 9.21. The molecule has 1 rings (SSSR count). The Morgan fingerprint density at radius 2 is 2.43 bits per heavy atom. The van der Waals surface area contributed by atoms with Crippen molar-refractivity contribution in [3.63, 3.8) is 0 Å². The Hall–Kier alpha value is -1.03. The van der Waals surface area contributed by atoms with Crippen LogP contribution in [0.5, 0.6) is 0 Å². The van der Waals surface area contributed by atoms with Gasteiger partial charge >= 0.3 is 5.97 Å². The monoisotopic (exact) mass is 216 g/mol. The van der Waals surface area contributed by atoms with E-state index >= 15 is 0 Å². The predicted molar refractivity (Wildman–Crippen MR) is 53.3 cm³/mol. The number of nitrogens with zero attached hydrogens (tertiary/aromatic N) is 2. The van der Waals surface area contributed by atoms with Crippen molar-refractivity contribution in [3.05, 3.63) is 16.9 Å². The van der Waals surface area contributed by atoms with Crippen LogP contribution in [0.3, 0.4) is 0 Å². The summed E-state index contributed by atoms with van der Waals surface area (Å²) in [6.07, 6.45) is 2.01. The molecule has 1 aromatic heterocycles. The summed E-state index contributed by atoms with van der Waals surface area (Å²) in [6, 6.07) is -0.0337. The number of aryl methyl sites for hydroxylation is 1. The molecule has 0 aromatic carbocycles. The standard InChI is InChI=1S/C9H13ClN2O2/c1-6(4-9(13)14-3)12-5-8(10)7(2)11-12/h5-6H,4H2,1-3H3. The highest BCUT2D eigenvalue weighted by Crippen LogP contribution is 2.17. The van der Waals surface area contributed by atoms with Gasteiger partial charge in [-0.15, -0.1) is 0 Å². The maximum atomic E-state index is 11.0. The van der Waals surface area contributed by atoms with Crippen molar-refractivity contribution in [2.45, 2.75) is 26.3 Å². The van der Waals surface area contributed by atoms with Crippen molar-refractivity contribution in [3.8, 4) is 0 Å². The fraction of sp³-hybridized carbons (Fsp3) is 0.556. The largest absolute Gasteiger partial charge is 0.469 e. The van der Waals surface area contributed by atoms with Crippen molar-refractivity contribution in [2.24, 2.45) is 0 Å². The Labute approximate surface area is 87.8 Å². The average molecular weight is 217 g/mol. The number of methoxy groups -OCH3 is 1. The summed E-state index contributed by atoms with van der Waals surface area (Å²) in [4.78, 5) is 11.0. The van der Waals surface area contributed by atoms with Gasteiger partial charge in [0, 0.05) is 6.20 Å². The first-order valence-corrected chi connectivity index (χ1v) is 4.70. The predicted octanol–water partition coefficient (Wildman–Crippen LogP) is 1.97. The van der Waals surface area contributed by atoms with E-state index in [0.29, 0.717) is 11.4 Å². The number of carbonyl (C=O) groups is 1. The molecule has 1 heterocycles. The lowest BCUT2D eigenvalue weighted by molar-refractivity contribution is -0.141. The average Bonchev–Trinajstić information content (AvgIpc) is 2.47. The van der Waals surface area contributed by atoms with E-state index in [1.807, 2.05) is 13.8 Å². The van der Waals surface area contributed by atoms with Gasteiger partial charge in [0.2, 0.25) is 0 Å². The SMILES string of the molecule is COC(=O)CC(C)n1cc(Cl)c(C)n1. The van der Waals surface area contributed by atoms with Crippen LogP contribution in [0.1, 0.15) is 25.1 Å². The van der Waals surface area contributed by atoms with Gasteiger partial charge in [0.1, 0.15) is 0 Å². The van der Waals surface area contributed by atoms with Crippen LogP contribution in [0.15, 0.2) is 6.20 Å². The van der Waals surface area contributed by atoms with Gasteiger partial charge in [-0.3, -0.25) is 9.48 Å². The maximum Gasteiger partial charge on any atom is 0.307 e. The van der Waals surface area contributed by atoms with Gasteiger partial charge in [-0.2, -0.15) is 5.10 Å². The molecule has 0 amide bonds. The van der Waals surface area contributed by atoms with Crippen LogP contribution < -0.4 is 0 Å². The first kappa shape index (κ1) is 11.0. The lowest BCUT2D eigenvalue weighted by Gasteiger charge is -2.09. The Balaban J connectivity index is 2.69. The molecule has 14 heavy (non-hydrogen) atoms. The van der Waals surface area contributed by atoms with Crippen LogP contribution in [0.25, 0.3) is 0 Å². The van der Waals surface area contributed by atoms with Gasteiger partial charge in [0.25, 0.3) is 0 Å². The fourth-order valence-electron chi connectivity index (χ4n) is 1.10. The van der Waals surface area contributed by atoms with Crippen molar-refractivity contribution < 1.29 is 9.53 Å². The molecule has 0 aliphatic carbocycles. The number of aromatic nitrogens is 2. The number of ether oxygens (including phenoxy) is 1. The van der Waals surface area contributed by atoms with E-state index < -0.39 is 0 Å². The molecule has 0 N–H and O–H groups in total. The highest BCUT2D eigenvalue weighted by Gasteiger charge is 2.13. The smallest absolute Gasteiger partial charge is 0.307 e. The topological polar surface area (TPSA) is 44.1 Å². The van der Waals surface area contributed by atoms with E-state index in [0.717, 1.165) is 5.69 Å². The number of hydrogen-bond acceptors (Lipinski definition) is 3. The number of rotatable bonds is 3. The molecule has 0 saturated carbocycles. The molecule has 1 unspecified atom stereocenters. The Bertz CT molecular complexity index is 316. The van der Waals surface area contributed by atoms with E-state index in [-0.39, 0.29) is 12.0 Å². The minimum atomic E-state index is -0.248. The lowest BCUT2D eigenvalue weighted by Crippen LogP contribution is -2.12. The molecule has 5 heteroatoms. The van der Waals surface area contributed by atoms with Gasteiger partial charge < -0.3 is 4.74 Å². The van der Waals surface area contributed by atoms with Crippen LogP contribution in [0.2, 0.25) is 5.02 Å². The van der Waals surface area contributed by atoms with Crippen LogP contribution in [0, 0.1) is 6.92 Å². The number of halogens is 1. The van der Waals surface area contributed by atoms with E-state index in [2.05, 4.69) is 9.84 Å². The molecular formula is C9H13ClN2O2. The lowest BCUT2D eigenvalue weighted by atomic mass is 10.2. The van der Waals surface area contributed by atoms with Crippen molar-refractivity contribution in [1.82, 2.24) is 9.78 Å². The Morgan fingerprint density at radius 3 is 2.86 bits per heavy atom. The molecule has 1 atom stereocenters. The first-order valence-electron chi connectivity index (χ1n) is 4.32. The van der Waals surface area contributed by atoms with Gasteiger partial charge in [-0.1, -0.05) is 11.6 Å².